The van der Waals surface area contributed by atoms with Gasteiger partial charge in [0.1, 0.15) is 0 Å². The highest BCUT2D eigenvalue weighted by Crippen LogP contribution is 2.10. The zero-order chi connectivity index (χ0) is 12.1. The van der Waals surface area contributed by atoms with E-state index in [0.717, 1.165) is 6.54 Å². The molecule has 0 unspecified atom stereocenters. The van der Waals surface area contributed by atoms with Crippen LogP contribution in [0.25, 0.3) is 0 Å². The Morgan fingerprint density at radius 3 is 2.50 bits per heavy atom. The van der Waals surface area contributed by atoms with Crippen LogP contribution in [-0.4, -0.2) is 28.4 Å². The Bertz CT molecular complexity index is 333. The van der Waals surface area contributed by atoms with Gasteiger partial charge in [-0.1, -0.05) is 13.8 Å². The van der Waals surface area contributed by atoms with Gasteiger partial charge in [-0.15, -0.1) is 0 Å². The molecule has 16 heavy (non-hydrogen) atoms. The average molecular weight is 220 g/mol. The average Bonchev–Trinajstić information content (AvgIpc) is 2.25. The van der Waals surface area contributed by atoms with Gasteiger partial charge in [0.05, 0.1) is 5.56 Å². The molecule has 1 amide bonds. The molecule has 1 aromatic heterocycles. The normalized spacial score (nSPS) is 10.9. The standard InChI is InChI=1S/C13H20N2O/c1-10(2)9-15(11(3)4)13(16)12-6-5-7-14-8-12/h5-8,10-11H,9H2,1-4H3. The van der Waals surface area contributed by atoms with Crippen molar-refractivity contribution in [3.05, 3.63) is 30.1 Å². The Kier molecular flexibility index (Phi) is 4.47. The molecule has 0 N–H and O–H groups in total. The van der Waals surface area contributed by atoms with E-state index >= 15 is 0 Å². The lowest BCUT2D eigenvalue weighted by Crippen LogP contribution is -2.39. The molecule has 0 atom stereocenters. The highest BCUT2D eigenvalue weighted by molar-refractivity contribution is 5.94. The number of hydrogen-bond donors (Lipinski definition) is 0. The summed E-state index contributed by atoms with van der Waals surface area (Å²) < 4.78 is 0. The zero-order valence-corrected chi connectivity index (χ0v) is 10.5. The molecule has 0 saturated carbocycles. The minimum atomic E-state index is 0.0665. The first-order valence-electron chi connectivity index (χ1n) is 5.73. The van der Waals surface area contributed by atoms with Crippen molar-refractivity contribution in [2.45, 2.75) is 33.7 Å². The van der Waals surface area contributed by atoms with Gasteiger partial charge in [-0.3, -0.25) is 9.78 Å². The quantitative estimate of drug-likeness (QED) is 0.781. The molecule has 1 aromatic rings. The molecule has 1 rings (SSSR count). The van der Waals surface area contributed by atoms with Crippen LogP contribution < -0.4 is 0 Å². The molecule has 0 fully saturated rings. The molecular weight excluding hydrogens is 200 g/mol. The summed E-state index contributed by atoms with van der Waals surface area (Å²) in [5.74, 6) is 0.542. The van der Waals surface area contributed by atoms with Gasteiger partial charge in [-0.05, 0) is 31.9 Å². The third-order valence-corrected chi connectivity index (χ3v) is 2.35. The maximum atomic E-state index is 12.2. The fourth-order valence-electron chi connectivity index (χ4n) is 1.58. The van der Waals surface area contributed by atoms with E-state index in [2.05, 4.69) is 18.8 Å². The van der Waals surface area contributed by atoms with Gasteiger partial charge in [-0.25, -0.2) is 0 Å². The second-order valence-electron chi connectivity index (χ2n) is 4.69. The van der Waals surface area contributed by atoms with Crippen LogP contribution in [0.2, 0.25) is 0 Å². The number of pyridine rings is 1. The Morgan fingerprint density at radius 1 is 1.38 bits per heavy atom. The van der Waals surface area contributed by atoms with Crippen molar-refractivity contribution < 1.29 is 4.79 Å². The minimum absolute atomic E-state index is 0.0665. The number of nitrogens with zero attached hydrogens (tertiary/aromatic N) is 2. The first-order chi connectivity index (χ1) is 7.52. The van der Waals surface area contributed by atoms with E-state index in [0.29, 0.717) is 11.5 Å². The molecule has 0 aliphatic heterocycles. The topological polar surface area (TPSA) is 33.2 Å². The summed E-state index contributed by atoms with van der Waals surface area (Å²) in [6.07, 6.45) is 3.30. The SMILES string of the molecule is CC(C)CN(C(=O)c1cccnc1)C(C)C. The Hall–Kier alpha value is -1.38. The molecule has 0 radical (unpaired) electrons. The van der Waals surface area contributed by atoms with Gasteiger partial charge in [0.2, 0.25) is 0 Å². The van der Waals surface area contributed by atoms with E-state index < -0.39 is 0 Å². The number of rotatable bonds is 4. The monoisotopic (exact) mass is 220 g/mol. The van der Waals surface area contributed by atoms with Crippen molar-refractivity contribution in [1.82, 2.24) is 9.88 Å². The lowest BCUT2D eigenvalue weighted by atomic mass is 10.1. The lowest BCUT2D eigenvalue weighted by molar-refractivity contribution is 0.0681. The van der Waals surface area contributed by atoms with E-state index in [1.165, 1.54) is 0 Å². The van der Waals surface area contributed by atoms with Gasteiger partial charge in [0.15, 0.2) is 0 Å². The number of carbonyl (C=O) groups excluding carboxylic acids is 1. The van der Waals surface area contributed by atoms with Crippen molar-refractivity contribution in [3.8, 4) is 0 Å². The van der Waals surface area contributed by atoms with Crippen LogP contribution in [-0.2, 0) is 0 Å². The minimum Gasteiger partial charge on any atom is -0.336 e. The molecule has 3 heteroatoms. The van der Waals surface area contributed by atoms with Crippen molar-refractivity contribution in [3.63, 3.8) is 0 Å². The van der Waals surface area contributed by atoms with Gasteiger partial charge < -0.3 is 4.90 Å². The van der Waals surface area contributed by atoms with Crippen LogP contribution in [0.4, 0.5) is 0 Å². The number of aromatic nitrogens is 1. The molecule has 0 aliphatic carbocycles. The van der Waals surface area contributed by atoms with Crippen LogP contribution in [0.3, 0.4) is 0 Å². The smallest absolute Gasteiger partial charge is 0.255 e. The van der Waals surface area contributed by atoms with Crippen LogP contribution in [0.15, 0.2) is 24.5 Å². The summed E-state index contributed by atoms with van der Waals surface area (Å²) in [4.78, 5) is 18.1. The molecule has 0 bridgehead atoms. The van der Waals surface area contributed by atoms with E-state index in [4.69, 9.17) is 0 Å². The van der Waals surface area contributed by atoms with Gasteiger partial charge in [0, 0.05) is 25.0 Å². The van der Waals surface area contributed by atoms with Crippen LogP contribution in [0.5, 0.6) is 0 Å². The predicted octanol–water partition coefficient (Wildman–Crippen LogP) is 2.59. The second-order valence-corrected chi connectivity index (χ2v) is 4.69. The number of amides is 1. The summed E-state index contributed by atoms with van der Waals surface area (Å²) in [5, 5.41) is 0. The van der Waals surface area contributed by atoms with E-state index in [1.807, 2.05) is 24.8 Å². The fourth-order valence-corrected chi connectivity index (χ4v) is 1.58. The summed E-state index contributed by atoms with van der Waals surface area (Å²) in [5.41, 5.74) is 0.664. The molecule has 3 nitrogen and oxygen atoms in total. The summed E-state index contributed by atoms with van der Waals surface area (Å²) in [6.45, 7) is 9.09. The zero-order valence-electron chi connectivity index (χ0n) is 10.5. The van der Waals surface area contributed by atoms with E-state index in [9.17, 15) is 4.79 Å². The summed E-state index contributed by atoms with van der Waals surface area (Å²) in [7, 11) is 0. The number of carbonyl (C=O) groups is 1. The maximum Gasteiger partial charge on any atom is 0.255 e. The largest absolute Gasteiger partial charge is 0.336 e. The second kappa shape index (κ2) is 5.64. The number of hydrogen-bond acceptors (Lipinski definition) is 2. The van der Waals surface area contributed by atoms with Crippen molar-refractivity contribution >= 4 is 5.91 Å². The molecule has 1 heterocycles. The van der Waals surface area contributed by atoms with Crippen molar-refractivity contribution in [2.75, 3.05) is 6.54 Å². The van der Waals surface area contributed by atoms with Crippen LogP contribution in [0.1, 0.15) is 38.1 Å². The molecule has 0 aromatic carbocycles. The third kappa shape index (κ3) is 3.33. The van der Waals surface area contributed by atoms with E-state index in [-0.39, 0.29) is 11.9 Å². The molecular formula is C13H20N2O. The highest BCUT2D eigenvalue weighted by Gasteiger charge is 2.19. The van der Waals surface area contributed by atoms with Crippen LogP contribution in [0, 0.1) is 5.92 Å². The summed E-state index contributed by atoms with van der Waals surface area (Å²) in [6, 6.07) is 3.82. The first kappa shape index (κ1) is 12.7. The van der Waals surface area contributed by atoms with Crippen molar-refractivity contribution in [1.29, 1.82) is 0 Å². The lowest BCUT2D eigenvalue weighted by Gasteiger charge is -2.28. The third-order valence-electron chi connectivity index (χ3n) is 2.35. The first-order valence-corrected chi connectivity index (χ1v) is 5.73. The van der Waals surface area contributed by atoms with Gasteiger partial charge in [0.25, 0.3) is 5.91 Å². The van der Waals surface area contributed by atoms with E-state index in [1.54, 1.807) is 18.5 Å². The van der Waals surface area contributed by atoms with Gasteiger partial charge >= 0.3 is 0 Å². The van der Waals surface area contributed by atoms with Crippen LogP contribution >= 0.6 is 0 Å². The Morgan fingerprint density at radius 2 is 2.06 bits per heavy atom. The molecule has 88 valence electrons. The van der Waals surface area contributed by atoms with Gasteiger partial charge in [-0.2, -0.15) is 0 Å². The maximum absolute atomic E-state index is 12.2. The molecule has 0 aliphatic rings. The Labute approximate surface area is 97.5 Å². The summed E-state index contributed by atoms with van der Waals surface area (Å²) >= 11 is 0. The molecule has 0 spiro atoms. The predicted molar refractivity (Wildman–Crippen MR) is 65.2 cm³/mol. The highest BCUT2D eigenvalue weighted by atomic mass is 16.2. The fraction of sp³-hybridized carbons (Fsp3) is 0.538. The Balaban J connectivity index is 2.83. The molecule has 0 saturated heterocycles. The van der Waals surface area contributed by atoms with Crippen molar-refractivity contribution in [2.24, 2.45) is 5.92 Å².